The Kier molecular flexibility index (Phi) is 6.53. The monoisotopic (exact) mass is 428 g/mol. The molecule has 2 heterocycles. The predicted octanol–water partition coefficient (Wildman–Crippen LogP) is 3.84. The topological polar surface area (TPSA) is 41.4 Å². The van der Waals surface area contributed by atoms with Crippen LogP contribution in [0.4, 0.5) is 13.2 Å². The van der Waals surface area contributed by atoms with Gasteiger partial charge in [0.2, 0.25) is 5.91 Å². The van der Waals surface area contributed by atoms with Gasteiger partial charge in [-0.25, -0.2) is 0 Å². The number of aromatic nitrogens is 2. The molecule has 0 spiro atoms. The summed E-state index contributed by atoms with van der Waals surface area (Å²) in [5.74, 6) is -0.509. The highest BCUT2D eigenvalue weighted by Crippen LogP contribution is 2.28. The fourth-order valence-electron chi connectivity index (χ4n) is 3.50. The highest BCUT2D eigenvalue weighted by Gasteiger charge is 2.35. The van der Waals surface area contributed by atoms with Crippen LogP contribution in [0.5, 0.6) is 0 Å². The number of amides is 1. The van der Waals surface area contributed by atoms with Gasteiger partial charge < -0.3 is 4.90 Å². The van der Waals surface area contributed by atoms with Crippen molar-refractivity contribution in [2.24, 2.45) is 5.92 Å². The third-order valence-electron chi connectivity index (χ3n) is 5.12. The fraction of sp³-hybridized carbons (Fsp3) is 0.500. The quantitative estimate of drug-likeness (QED) is 0.726. The average Bonchev–Trinajstić information content (AvgIpc) is 3.03. The highest BCUT2D eigenvalue weighted by atomic mass is 35.5. The van der Waals surface area contributed by atoms with Crippen LogP contribution >= 0.6 is 11.6 Å². The second-order valence-corrected chi connectivity index (χ2v) is 7.92. The van der Waals surface area contributed by atoms with Crippen molar-refractivity contribution in [3.63, 3.8) is 0 Å². The standard InChI is InChI=1S/C20H24ClF3N4O/c1-14(12-28-15(2)10-18(25-28)20(22,23)24)19(29)27-8-6-26(7-9-27)13-16-4-3-5-17(21)11-16/h3-5,10-11,14H,6-9,12-13H2,1-2H3. The lowest BCUT2D eigenvalue weighted by atomic mass is 10.1. The Hall–Kier alpha value is -2.06. The molecule has 1 aromatic heterocycles. The number of hydrogen-bond donors (Lipinski definition) is 0. The van der Waals surface area contributed by atoms with Crippen molar-refractivity contribution in [1.82, 2.24) is 19.6 Å². The molecule has 158 valence electrons. The zero-order valence-corrected chi connectivity index (χ0v) is 17.2. The minimum atomic E-state index is -4.48. The predicted molar refractivity (Wildman–Crippen MR) is 104 cm³/mol. The van der Waals surface area contributed by atoms with Gasteiger partial charge in [-0.1, -0.05) is 30.7 Å². The lowest BCUT2D eigenvalue weighted by molar-refractivity contribution is -0.141. The Labute approximate surface area is 173 Å². The van der Waals surface area contributed by atoms with E-state index < -0.39 is 17.8 Å². The van der Waals surface area contributed by atoms with E-state index in [9.17, 15) is 18.0 Å². The Bertz CT molecular complexity index is 860. The molecular formula is C20H24ClF3N4O. The number of benzene rings is 1. The number of piperazine rings is 1. The van der Waals surface area contributed by atoms with E-state index in [-0.39, 0.29) is 12.5 Å². The van der Waals surface area contributed by atoms with E-state index in [1.807, 2.05) is 24.3 Å². The number of aryl methyl sites for hydroxylation is 1. The lowest BCUT2D eigenvalue weighted by Crippen LogP contribution is -2.50. The number of rotatable bonds is 5. The van der Waals surface area contributed by atoms with E-state index >= 15 is 0 Å². The fourth-order valence-corrected chi connectivity index (χ4v) is 3.72. The van der Waals surface area contributed by atoms with Crippen molar-refractivity contribution in [1.29, 1.82) is 0 Å². The van der Waals surface area contributed by atoms with Crippen LogP contribution in [0.15, 0.2) is 30.3 Å². The second-order valence-electron chi connectivity index (χ2n) is 7.48. The smallest absolute Gasteiger partial charge is 0.340 e. The zero-order valence-electron chi connectivity index (χ0n) is 16.4. The van der Waals surface area contributed by atoms with Gasteiger partial charge in [-0.05, 0) is 30.7 Å². The molecule has 1 fully saturated rings. The van der Waals surface area contributed by atoms with Crippen molar-refractivity contribution in [3.05, 3.63) is 52.3 Å². The SMILES string of the molecule is Cc1cc(C(F)(F)F)nn1CC(C)C(=O)N1CCN(Cc2cccc(Cl)c2)CC1. The normalized spacial score (nSPS) is 16.8. The van der Waals surface area contributed by atoms with E-state index in [0.29, 0.717) is 23.8 Å². The zero-order chi connectivity index (χ0) is 21.2. The van der Waals surface area contributed by atoms with Crippen molar-refractivity contribution in [3.8, 4) is 0 Å². The summed E-state index contributed by atoms with van der Waals surface area (Å²) < 4.78 is 39.7. The summed E-state index contributed by atoms with van der Waals surface area (Å²) in [7, 11) is 0. The Balaban J connectivity index is 1.53. The largest absolute Gasteiger partial charge is 0.435 e. The number of nitrogens with zero attached hydrogens (tertiary/aromatic N) is 4. The van der Waals surface area contributed by atoms with Gasteiger partial charge in [0.15, 0.2) is 5.69 Å². The summed E-state index contributed by atoms with van der Waals surface area (Å²) in [4.78, 5) is 16.8. The maximum absolute atomic E-state index is 12.8. The summed E-state index contributed by atoms with van der Waals surface area (Å²) in [5, 5.41) is 4.32. The molecule has 5 nitrogen and oxygen atoms in total. The molecule has 1 aliphatic heterocycles. The third kappa shape index (κ3) is 5.51. The van der Waals surface area contributed by atoms with E-state index in [4.69, 9.17) is 11.6 Å². The van der Waals surface area contributed by atoms with Crippen molar-refractivity contribution in [2.75, 3.05) is 26.2 Å². The molecule has 0 radical (unpaired) electrons. The molecular weight excluding hydrogens is 405 g/mol. The van der Waals surface area contributed by atoms with E-state index in [2.05, 4.69) is 10.00 Å². The molecule has 1 saturated heterocycles. The second kappa shape index (κ2) is 8.75. The van der Waals surface area contributed by atoms with Crippen molar-refractivity contribution in [2.45, 2.75) is 33.1 Å². The highest BCUT2D eigenvalue weighted by molar-refractivity contribution is 6.30. The van der Waals surface area contributed by atoms with Gasteiger partial charge in [-0.3, -0.25) is 14.4 Å². The first-order valence-corrected chi connectivity index (χ1v) is 9.88. The average molecular weight is 429 g/mol. The summed E-state index contributed by atoms with van der Waals surface area (Å²) in [6.45, 7) is 6.86. The molecule has 0 aliphatic carbocycles. The van der Waals surface area contributed by atoms with Crippen LogP contribution in [0.2, 0.25) is 5.02 Å². The summed E-state index contributed by atoms with van der Waals surface area (Å²) >= 11 is 6.03. The molecule has 1 unspecified atom stereocenters. The Morgan fingerprint density at radius 2 is 1.90 bits per heavy atom. The first-order chi connectivity index (χ1) is 13.6. The van der Waals surface area contributed by atoms with Crippen molar-refractivity contribution >= 4 is 17.5 Å². The minimum absolute atomic E-state index is 0.0594. The van der Waals surface area contributed by atoms with Crippen LogP contribution in [0.25, 0.3) is 0 Å². The minimum Gasteiger partial charge on any atom is -0.340 e. The maximum Gasteiger partial charge on any atom is 0.435 e. The van der Waals surface area contributed by atoms with Crippen LogP contribution in [0.3, 0.4) is 0 Å². The van der Waals surface area contributed by atoms with Gasteiger partial charge in [0, 0.05) is 43.4 Å². The van der Waals surface area contributed by atoms with Crippen molar-refractivity contribution < 1.29 is 18.0 Å². The van der Waals surface area contributed by atoms with E-state index in [1.165, 1.54) is 4.68 Å². The van der Waals surface area contributed by atoms with Crippen LogP contribution < -0.4 is 0 Å². The van der Waals surface area contributed by atoms with Crippen LogP contribution in [-0.4, -0.2) is 51.7 Å². The Morgan fingerprint density at radius 1 is 1.21 bits per heavy atom. The van der Waals surface area contributed by atoms with E-state index in [1.54, 1.807) is 18.7 Å². The first-order valence-electron chi connectivity index (χ1n) is 9.50. The van der Waals surface area contributed by atoms with Gasteiger partial charge in [0.1, 0.15) is 0 Å². The van der Waals surface area contributed by atoms with Crippen LogP contribution in [-0.2, 0) is 24.1 Å². The summed E-state index contributed by atoms with van der Waals surface area (Å²) in [6, 6.07) is 8.71. The number of alkyl halides is 3. The molecule has 3 rings (SSSR count). The molecule has 1 amide bonds. The number of carbonyl (C=O) groups excluding carboxylic acids is 1. The Morgan fingerprint density at radius 3 is 2.48 bits per heavy atom. The molecule has 29 heavy (non-hydrogen) atoms. The molecule has 9 heteroatoms. The molecule has 0 saturated carbocycles. The number of hydrogen-bond acceptors (Lipinski definition) is 3. The van der Waals surface area contributed by atoms with Crippen LogP contribution in [0.1, 0.15) is 23.9 Å². The molecule has 1 aromatic carbocycles. The molecule has 1 aliphatic rings. The van der Waals surface area contributed by atoms with Gasteiger partial charge in [0.25, 0.3) is 0 Å². The lowest BCUT2D eigenvalue weighted by Gasteiger charge is -2.36. The third-order valence-corrected chi connectivity index (χ3v) is 5.35. The number of halogens is 4. The molecule has 0 bridgehead atoms. The van der Waals surface area contributed by atoms with Gasteiger partial charge in [-0.15, -0.1) is 0 Å². The van der Waals surface area contributed by atoms with E-state index in [0.717, 1.165) is 31.3 Å². The molecule has 1 atom stereocenters. The summed E-state index contributed by atoms with van der Waals surface area (Å²) in [6.07, 6.45) is -4.48. The van der Waals surface area contributed by atoms with Gasteiger partial charge in [0.05, 0.1) is 12.5 Å². The maximum atomic E-state index is 12.8. The van der Waals surface area contributed by atoms with Crippen LogP contribution in [0, 0.1) is 12.8 Å². The first kappa shape index (κ1) is 21.6. The van der Waals surface area contributed by atoms with Gasteiger partial charge >= 0.3 is 6.18 Å². The number of carbonyl (C=O) groups is 1. The summed E-state index contributed by atoms with van der Waals surface area (Å²) in [5.41, 5.74) is 0.591. The molecule has 2 aromatic rings. The van der Waals surface area contributed by atoms with Gasteiger partial charge in [-0.2, -0.15) is 18.3 Å². The molecule has 0 N–H and O–H groups in total.